The molecule has 0 N–H and O–H groups in total. The normalized spacial score (nSPS) is 13.2. The Hall–Kier alpha value is -0.900. The number of hydrogen-bond donors (Lipinski definition) is 0. The molecule has 0 radical (unpaired) electrons. The average Bonchev–Trinajstić information content (AvgIpc) is 2.15. The van der Waals surface area contributed by atoms with Crippen molar-refractivity contribution in [2.24, 2.45) is 4.99 Å². The highest BCUT2D eigenvalue weighted by Gasteiger charge is 2.08. The van der Waals surface area contributed by atoms with E-state index in [1.807, 2.05) is 13.0 Å². The highest BCUT2D eigenvalue weighted by Crippen LogP contribution is 2.23. The van der Waals surface area contributed by atoms with Crippen molar-refractivity contribution in [2.45, 2.75) is 13.0 Å². The molecule has 1 atom stereocenters. The predicted molar refractivity (Wildman–Crippen MR) is 55.9 cm³/mol. The molecule has 0 saturated carbocycles. The van der Waals surface area contributed by atoms with Crippen LogP contribution in [0.1, 0.15) is 18.6 Å². The van der Waals surface area contributed by atoms with Crippen LogP contribution in [0.2, 0.25) is 0 Å². The molecule has 0 amide bonds. The lowest BCUT2D eigenvalue weighted by atomic mass is 10.2. The number of aliphatic imine (C=N–C) groups is 1. The Morgan fingerprint density at radius 1 is 1.69 bits per heavy atom. The van der Waals surface area contributed by atoms with Crippen molar-refractivity contribution in [2.75, 3.05) is 7.05 Å². The van der Waals surface area contributed by atoms with Crippen LogP contribution in [0.3, 0.4) is 0 Å². The summed E-state index contributed by atoms with van der Waals surface area (Å²) < 4.78 is 6.26. The van der Waals surface area contributed by atoms with E-state index < -0.39 is 0 Å². The minimum absolute atomic E-state index is 0.0129. The van der Waals surface area contributed by atoms with Crippen molar-refractivity contribution in [1.29, 1.82) is 0 Å². The number of hydrogen-bond acceptors (Lipinski definition) is 3. The number of aromatic nitrogens is 1. The van der Waals surface area contributed by atoms with Crippen molar-refractivity contribution in [3.8, 4) is 0 Å². The lowest BCUT2D eigenvalue weighted by Gasteiger charge is -2.11. The zero-order valence-corrected chi connectivity index (χ0v) is 9.15. The molecule has 0 spiro atoms. The summed E-state index contributed by atoms with van der Waals surface area (Å²) in [6, 6.07) is 1.91. The first-order valence-corrected chi connectivity index (χ1v) is 4.70. The van der Waals surface area contributed by atoms with Gasteiger partial charge in [0.2, 0.25) is 0 Å². The van der Waals surface area contributed by atoms with Crippen LogP contribution in [0.25, 0.3) is 0 Å². The molecule has 13 heavy (non-hydrogen) atoms. The van der Waals surface area contributed by atoms with E-state index >= 15 is 0 Å². The molecule has 0 fully saturated rings. The van der Waals surface area contributed by atoms with Crippen LogP contribution in [0, 0.1) is 0 Å². The van der Waals surface area contributed by atoms with E-state index in [-0.39, 0.29) is 6.10 Å². The van der Waals surface area contributed by atoms with Gasteiger partial charge in [-0.25, -0.2) is 0 Å². The largest absolute Gasteiger partial charge is 0.476 e. The molecule has 0 aromatic carbocycles. The van der Waals surface area contributed by atoms with Crippen LogP contribution in [-0.4, -0.2) is 18.4 Å². The van der Waals surface area contributed by atoms with Crippen LogP contribution in [0.5, 0.6) is 0 Å². The van der Waals surface area contributed by atoms with Gasteiger partial charge in [-0.05, 0) is 28.9 Å². The highest BCUT2D eigenvalue weighted by molar-refractivity contribution is 9.10. The van der Waals surface area contributed by atoms with Gasteiger partial charge in [-0.3, -0.25) is 9.98 Å². The van der Waals surface area contributed by atoms with Gasteiger partial charge in [0.15, 0.2) is 6.40 Å². The van der Waals surface area contributed by atoms with Gasteiger partial charge in [0, 0.05) is 29.5 Å². The molecule has 1 unspecified atom stereocenters. The highest BCUT2D eigenvalue weighted by atomic mass is 79.9. The number of pyridine rings is 1. The Morgan fingerprint density at radius 3 is 3.08 bits per heavy atom. The van der Waals surface area contributed by atoms with Crippen LogP contribution in [-0.2, 0) is 4.74 Å². The zero-order valence-electron chi connectivity index (χ0n) is 7.57. The van der Waals surface area contributed by atoms with Gasteiger partial charge in [0.05, 0.1) is 0 Å². The second kappa shape index (κ2) is 4.97. The molecule has 1 aromatic heterocycles. The summed E-state index contributed by atoms with van der Waals surface area (Å²) in [5.74, 6) is 0. The van der Waals surface area contributed by atoms with Gasteiger partial charge < -0.3 is 4.74 Å². The molecular formula is C9H11BrN2O. The summed E-state index contributed by atoms with van der Waals surface area (Å²) in [6.07, 6.45) is 4.92. The van der Waals surface area contributed by atoms with E-state index in [0.717, 1.165) is 10.0 Å². The first kappa shape index (κ1) is 10.2. The molecule has 3 nitrogen and oxygen atoms in total. The zero-order chi connectivity index (χ0) is 9.68. The summed E-state index contributed by atoms with van der Waals surface area (Å²) in [5, 5.41) is 0. The van der Waals surface area contributed by atoms with E-state index in [9.17, 15) is 0 Å². The molecule has 1 heterocycles. The van der Waals surface area contributed by atoms with Crippen LogP contribution in [0.15, 0.2) is 27.9 Å². The molecule has 1 rings (SSSR count). The third-order valence-corrected chi connectivity index (χ3v) is 2.27. The van der Waals surface area contributed by atoms with Gasteiger partial charge in [-0.1, -0.05) is 0 Å². The number of halogens is 1. The number of ether oxygens (including phenoxy) is 1. The fourth-order valence-electron chi connectivity index (χ4n) is 0.941. The average molecular weight is 243 g/mol. The maximum atomic E-state index is 5.31. The van der Waals surface area contributed by atoms with Crippen molar-refractivity contribution >= 4 is 22.3 Å². The SMILES string of the molecule is CN=COC(C)c1ccncc1Br. The van der Waals surface area contributed by atoms with E-state index in [0.29, 0.717) is 0 Å². The maximum Gasteiger partial charge on any atom is 0.170 e. The first-order chi connectivity index (χ1) is 6.25. The Kier molecular flexibility index (Phi) is 3.89. The minimum atomic E-state index is -0.0129. The monoisotopic (exact) mass is 242 g/mol. The summed E-state index contributed by atoms with van der Waals surface area (Å²) in [4.78, 5) is 7.72. The molecule has 1 aromatic rings. The quantitative estimate of drug-likeness (QED) is 0.604. The Balaban J connectivity index is 2.76. The predicted octanol–water partition coefficient (Wildman–Crippen LogP) is 2.58. The number of rotatable bonds is 3. The van der Waals surface area contributed by atoms with Gasteiger partial charge in [-0.2, -0.15) is 0 Å². The van der Waals surface area contributed by atoms with E-state index in [4.69, 9.17) is 4.74 Å². The van der Waals surface area contributed by atoms with Gasteiger partial charge in [-0.15, -0.1) is 0 Å². The molecule has 0 aliphatic heterocycles. The van der Waals surface area contributed by atoms with Crippen molar-refractivity contribution < 1.29 is 4.74 Å². The van der Waals surface area contributed by atoms with Gasteiger partial charge in [0.25, 0.3) is 0 Å². The summed E-state index contributed by atoms with van der Waals surface area (Å²) in [7, 11) is 1.67. The molecule has 4 heteroatoms. The third-order valence-electron chi connectivity index (χ3n) is 1.61. The van der Waals surface area contributed by atoms with Crippen LogP contribution >= 0.6 is 15.9 Å². The van der Waals surface area contributed by atoms with Gasteiger partial charge >= 0.3 is 0 Å². The molecule has 0 aliphatic carbocycles. The first-order valence-electron chi connectivity index (χ1n) is 3.91. The molecular weight excluding hydrogens is 232 g/mol. The fraction of sp³-hybridized carbons (Fsp3) is 0.333. The topological polar surface area (TPSA) is 34.5 Å². The molecule has 0 bridgehead atoms. The van der Waals surface area contributed by atoms with Gasteiger partial charge in [0.1, 0.15) is 6.10 Å². The lowest BCUT2D eigenvalue weighted by molar-refractivity contribution is 0.224. The molecule has 70 valence electrons. The number of nitrogens with zero attached hydrogens (tertiary/aromatic N) is 2. The second-order valence-corrected chi connectivity index (χ2v) is 3.39. The molecule has 0 aliphatic rings. The second-order valence-electron chi connectivity index (χ2n) is 2.54. The van der Waals surface area contributed by atoms with Crippen LogP contribution < -0.4 is 0 Å². The summed E-state index contributed by atoms with van der Waals surface area (Å²) in [6.45, 7) is 1.96. The van der Waals surface area contributed by atoms with Crippen molar-refractivity contribution in [3.63, 3.8) is 0 Å². The third kappa shape index (κ3) is 2.81. The van der Waals surface area contributed by atoms with Crippen molar-refractivity contribution in [1.82, 2.24) is 4.98 Å². The summed E-state index contributed by atoms with van der Waals surface area (Å²) in [5.41, 5.74) is 1.06. The lowest BCUT2D eigenvalue weighted by Crippen LogP contribution is -1.99. The minimum Gasteiger partial charge on any atom is -0.476 e. The van der Waals surface area contributed by atoms with E-state index in [1.54, 1.807) is 19.4 Å². The molecule has 0 saturated heterocycles. The van der Waals surface area contributed by atoms with Crippen LogP contribution in [0.4, 0.5) is 0 Å². The van der Waals surface area contributed by atoms with E-state index in [2.05, 4.69) is 25.9 Å². The summed E-state index contributed by atoms with van der Waals surface area (Å²) >= 11 is 3.40. The van der Waals surface area contributed by atoms with Crippen molar-refractivity contribution in [3.05, 3.63) is 28.5 Å². The smallest absolute Gasteiger partial charge is 0.170 e. The maximum absolute atomic E-state index is 5.31. The van der Waals surface area contributed by atoms with E-state index in [1.165, 1.54) is 6.40 Å². The Morgan fingerprint density at radius 2 is 2.46 bits per heavy atom. The Bertz CT molecular complexity index is 301. The fourth-order valence-corrected chi connectivity index (χ4v) is 1.51. The standard InChI is InChI=1S/C9H11BrN2O/c1-7(13-6-11-2)8-3-4-12-5-9(8)10/h3-7H,1-2H3. The Labute approximate surface area is 86.0 Å².